The first-order valence-electron chi connectivity index (χ1n) is 4.65. The number of carbonyl (C=O) groups is 2. The Kier molecular flexibility index (Phi) is 2.63. The van der Waals surface area contributed by atoms with E-state index in [9.17, 15) is 9.59 Å². The number of rotatable bonds is 2. The van der Waals surface area contributed by atoms with Gasteiger partial charge in [-0.3, -0.25) is 10.1 Å². The molecular weight excluding hydrogens is 211 g/mol. The largest absolute Gasteiger partial charge is 0.488 e. The normalized spacial score (nSPS) is 19.2. The monoisotopic (exact) mass is 220 g/mol. The van der Waals surface area contributed by atoms with Crippen molar-refractivity contribution in [2.45, 2.75) is 6.04 Å². The van der Waals surface area contributed by atoms with E-state index < -0.39 is 25.1 Å². The van der Waals surface area contributed by atoms with Crippen LogP contribution < -0.4 is 16.1 Å². The van der Waals surface area contributed by atoms with Crippen molar-refractivity contribution in [1.82, 2.24) is 10.6 Å². The summed E-state index contributed by atoms with van der Waals surface area (Å²) >= 11 is 0. The Labute approximate surface area is 91.4 Å². The van der Waals surface area contributed by atoms with Crippen LogP contribution in [0.25, 0.3) is 0 Å². The molecule has 1 atom stereocenters. The Bertz CT molecular complexity index is 449. The third kappa shape index (κ3) is 1.90. The summed E-state index contributed by atoms with van der Waals surface area (Å²) in [5.41, 5.74) is 0.778. The number of hydrogen-bond acceptors (Lipinski definition) is 4. The van der Waals surface area contributed by atoms with Crippen LogP contribution >= 0.6 is 0 Å². The molecule has 0 saturated carbocycles. The molecular formula is C9H9BN2O4. The first kappa shape index (κ1) is 10.7. The molecule has 0 aromatic heterocycles. The van der Waals surface area contributed by atoms with E-state index in [0.29, 0.717) is 5.56 Å². The Morgan fingerprint density at radius 3 is 2.56 bits per heavy atom. The fraction of sp³-hybridized carbons (Fsp3) is 0.111. The topological polar surface area (TPSA) is 98.7 Å². The van der Waals surface area contributed by atoms with Crippen LogP contribution in [-0.2, 0) is 4.79 Å². The zero-order chi connectivity index (χ0) is 11.7. The maximum atomic E-state index is 11.3. The lowest BCUT2D eigenvalue weighted by Gasteiger charge is -2.09. The van der Waals surface area contributed by atoms with Crippen LogP contribution in [-0.4, -0.2) is 29.1 Å². The van der Waals surface area contributed by atoms with Crippen LogP contribution in [0, 0.1) is 0 Å². The van der Waals surface area contributed by atoms with E-state index in [-0.39, 0.29) is 5.46 Å². The van der Waals surface area contributed by atoms with Crippen LogP contribution in [0.3, 0.4) is 0 Å². The molecule has 4 N–H and O–H groups in total. The van der Waals surface area contributed by atoms with Crippen LogP contribution in [0.5, 0.6) is 0 Å². The van der Waals surface area contributed by atoms with Gasteiger partial charge in [0.1, 0.15) is 6.04 Å². The van der Waals surface area contributed by atoms with Gasteiger partial charge in [-0.15, -0.1) is 0 Å². The van der Waals surface area contributed by atoms with Crippen molar-refractivity contribution in [3.8, 4) is 0 Å². The molecule has 1 aromatic rings. The maximum absolute atomic E-state index is 11.3. The SMILES string of the molecule is O=C1NC(=O)[C@@H](c2cccc(B(O)O)c2)N1. The highest BCUT2D eigenvalue weighted by Gasteiger charge is 2.31. The van der Waals surface area contributed by atoms with Gasteiger partial charge in [0.05, 0.1) is 0 Å². The van der Waals surface area contributed by atoms with E-state index in [1.807, 2.05) is 0 Å². The standard InChI is InChI=1S/C9H9BN2O4/c13-8-7(11-9(14)12-8)5-2-1-3-6(4-5)10(15)16/h1-4,7,15-16H,(H2,11,12,13,14)/t7-/m1/s1. The van der Waals surface area contributed by atoms with Crippen molar-refractivity contribution in [3.63, 3.8) is 0 Å². The summed E-state index contributed by atoms with van der Waals surface area (Å²) in [6, 6.07) is 4.86. The molecule has 82 valence electrons. The molecule has 16 heavy (non-hydrogen) atoms. The summed E-state index contributed by atoms with van der Waals surface area (Å²) in [6.45, 7) is 0. The molecule has 3 amide bonds. The Morgan fingerprint density at radius 2 is 2.00 bits per heavy atom. The maximum Gasteiger partial charge on any atom is 0.488 e. The van der Waals surface area contributed by atoms with Gasteiger partial charge in [-0.1, -0.05) is 24.3 Å². The van der Waals surface area contributed by atoms with Crippen LogP contribution in [0.4, 0.5) is 4.79 Å². The highest BCUT2D eigenvalue weighted by atomic mass is 16.4. The van der Waals surface area contributed by atoms with E-state index >= 15 is 0 Å². The van der Waals surface area contributed by atoms with Crippen LogP contribution in [0.1, 0.15) is 11.6 Å². The summed E-state index contributed by atoms with van der Waals surface area (Å²) in [6.07, 6.45) is 0. The Morgan fingerprint density at radius 1 is 1.25 bits per heavy atom. The number of carbonyl (C=O) groups excluding carboxylic acids is 2. The van der Waals surface area contributed by atoms with E-state index in [0.717, 1.165) is 0 Å². The molecule has 2 rings (SSSR count). The molecule has 0 radical (unpaired) electrons. The molecule has 1 saturated heterocycles. The van der Waals surface area contributed by atoms with Crippen molar-refractivity contribution < 1.29 is 19.6 Å². The van der Waals surface area contributed by atoms with Crippen LogP contribution in [0.2, 0.25) is 0 Å². The summed E-state index contributed by atoms with van der Waals surface area (Å²) in [4.78, 5) is 22.3. The van der Waals surface area contributed by atoms with Gasteiger partial charge in [-0.2, -0.15) is 0 Å². The average molecular weight is 220 g/mol. The summed E-state index contributed by atoms with van der Waals surface area (Å²) in [7, 11) is -1.60. The van der Waals surface area contributed by atoms with Gasteiger partial charge in [-0.25, -0.2) is 4.79 Å². The third-order valence-corrected chi connectivity index (χ3v) is 2.32. The molecule has 1 heterocycles. The molecule has 1 aliphatic rings. The summed E-state index contributed by atoms with van der Waals surface area (Å²) in [5.74, 6) is -0.449. The third-order valence-electron chi connectivity index (χ3n) is 2.32. The van der Waals surface area contributed by atoms with Gasteiger partial charge in [0.2, 0.25) is 0 Å². The summed E-state index contributed by atoms with van der Waals surface area (Å²) < 4.78 is 0. The lowest BCUT2D eigenvalue weighted by Crippen LogP contribution is -2.31. The van der Waals surface area contributed by atoms with Crippen molar-refractivity contribution in [2.24, 2.45) is 0 Å². The second-order valence-corrected chi connectivity index (χ2v) is 3.44. The lowest BCUT2D eigenvalue weighted by atomic mass is 9.79. The van der Waals surface area contributed by atoms with E-state index in [1.54, 1.807) is 12.1 Å². The molecule has 1 aliphatic heterocycles. The first-order valence-corrected chi connectivity index (χ1v) is 4.65. The van der Waals surface area contributed by atoms with Crippen LogP contribution in [0.15, 0.2) is 24.3 Å². The fourth-order valence-electron chi connectivity index (χ4n) is 1.55. The number of nitrogens with one attached hydrogen (secondary N) is 2. The Balaban J connectivity index is 2.30. The van der Waals surface area contributed by atoms with Gasteiger partial charge < -0.3 is 15.4 Å². The quantitative estimate of drug-likeness (QED) is 0.350. The smallest absolute Gasteiger partial charge is 0.423 e. The molecule has 0 unspecified atom stereocenters. The van der Waals surface area contributed by atoms with Gasteiger partial charge in [-0.05, 0) is 11.0 Å². The van der Waals surface area contributed by atoms with Crippen molar-refractivity contribution in [1.29, 1.82) is 0 Å². The van der Waals surface area contributed by atoms with Gasteiger partial charge in [0.25, 0.3) is 5.91 Å². The molecule has 0 spiro atoms. The first-order chi connectivity index (χ1) is 7.58. The van der Waals surface area contributed by atoms with Crippen molar-refractivity contribution >= 4 is 24.5 Å². The second-order valence-electron chi connectivity index (χ2n) is 3.44. The zero-order valence-corrected chi connectivity index (χ0v) is 8.18. The fourth-order valence-corrected chi connectivity index (χ4v) is 1.55. The van der Waals surface area contributed by atoms with E-state index in [4.69, 9.17) is 10.0 Å². The number of amides is 3. The zero-order valence-electron chi connectivity index (χ0n) is 8.18. The van der Waals surface area contributed by atoms with E-state index in [1.165, 1.54) is 12.1 Å². The van der Waals surface area contributed by atoms with Gasteiger partial charge in [0, 0.05) is 0 Å². The van der Waals surface area contributed by atoms with Gasteiger partial charge >= 0.3 is 13.1 Å². The Hall–Kier alpha value is -1.86. The molecule has 6 nitrogen and oxygen atoms in total. The second kappa shape index (κ2) is 3.95. The lowest BCUT2D eigenvalue weighted by molar-refractivity contribution is -0.120. The van der Waals surface area contributed by atoms with Crippen molar-refractivity contribution in [3.05, 3.63) is 29.8 Å². The average Bonchev–Trinajstić information content (AvgIpc) is 2.58. The number of hydrogen-bond donors (Lipinski definition) is 4. The predicted octanol–water partition coefficient (Wildman–Crippen LogP) is -1.75. The van der Waals surface area contributed by atoms with Gasteiger partial charge in [0.15, 0.2) is 0 Å². The van der Waals surface area contributed by atoms with Crippen molar-refractivity contribution in [2.75, 3.05) is 0 Å². The minimum absolute atomic E-state index is 0.270. The molecule has 0 aliphatic carbocycles. The molecule has 1 fully saturated rings. The minimum Gasteiger partial charge on any atom is -0.423 e. The molecule has 1 aromatic carbocycles. The summed E-state index contributed by atoms with van der Waals surface area (Å²) in [5, 5.41) is 22.5. The predicted molar refractivity (Wildman–Crippen MR) is 55.7 cm³/mol. The minimum atomic E-state index is -1.60. The number of benzene rings is 1. The number of urea groups is 1. The number of imide groups is 1. The highest BCUT2D eigenvalue weighted by Crippen LogP contribution is 2.14. The highest BCUT2D eigenvalue weighted by molar-refractivity contribution is 6.58. The molecule has 7 heteroatoms. The van der Waals surface area contributed by atoms with E-state index in [2.05, 4.69) is 10.6 Å². The molecule has 0 bridgehead atoms.